The zero-order valence-electron chi connectivity index (χ0n) is 16.5. The quantitative estimate of drug-likeness (QED) is 0.738. The number of piperazine rings is 1. The van der Waals surface area contributed by atoms with Gasteiger partial charge < -0.3 is 19.4 Å². The molecule has 29 heavy (non-hydrogen) atoms. The molecule has 1 N–H and O–H groups in total. The molecule has 0 radical (unpaired) electrons. The predicted molar refractivity (Wildman–Crippen MR) is 111 cm³/mol. The van der Waals surface area contributed by atoms with E-state index in [0.717, 1.165) is 43.2 Å². The molecule has 2 atom stereocenters. The van der Waals surface area contributed by atoms with Crippen LogP contribution in [0.15, 0.2) is 36.7 Å². The molecule has 0 aromatic carbocycles. The third-order valence-electron chi connectivity index (χ3n) is 6.69. The molecule has 3 fully saturated rings. The standard InChI is InChI=1S/C22H25N5O2/c1-28-21-8-14(4-6-23-21)19-9-18-20(5-7-24-22(18)25-19)26-10-15-2-3-16(11-26)27(15)17-12-29-13-17/h4-9,15-17H,2-3,10-13H2,1H3,(H,24,25). The number of hydrogen-bond acceptors (Lipinski definition) is 6. The first-order valence-corrected chi connectivity index (χ1v) is 10.4. The average molecular weight is 391 g/mol. The fourth-order valence-corrected chi connectivity index (χ4v) is 5.26. The van der Waals surface area contributed by atoms with Gasteiger partial charge in [-0.2, -0.15) is 0 Å². The Morgan fingerprint density at radius 3 is 2.55 bits per heavy atom. The highest BCUT2D eigenvalue weighted by atomic mass is 16.5. The summed E-state index contributed by atoms with van der Waals surface area (Å²) < 4.78 is 10.7. The Hall–Kier alpha value is -2.64. The molecular formula is C22H25N5O2. The minimum absolute atomic E-state index is 0.613. The Morgan fingerprint density at radius 1 is 1.03 bits per heavy atom. The number of fused-ring (bicyclic) bond motifs is 3. The van der Waals surface area contributed by atoms with Crippen LogP contribution < -0.4 is 9.64 Å². The minimum atomic E-state index is 0.613. The van der Waals surface area contributed by atoms with E-state index in [2.05, 4.69) is 36.9 Å². The van der Waals surface area contributed by atoms with E-state index in [1.54, 1.807) is 13.3 Å². The van der Waals surface area contributed by atoms with Crippen LogP contribution in [0.3, 0.4) is 0 Å². The number of rotatable bonds is 4. The third kappa shape index (κ3) is 2.80. The lowest BCUT2D eigenvalue weighted by molar-refractivity contribution is -0.0849. The maximum Gasteiger partial charge on any atom is 0.213 e. The van der Waals surface area contributed by atoms with Crippen molar-refractivity contribution in [2.45, 2.75) is 31.0 Å². The first kappa shape index (κ1) is 17.2. The van der Waals surface area contributed by atoms with Gasteiger partial charge in [-0.3, -0.25) is 4.90 Å². The summed E-state index contributed by atoms with van der Waals surface area (Å²) in [6.45, 7) is 3.97. The van der Waals surface area contributed by atoms with Crippen LogP contribution in [0.2, 0.25) is 0 Å². The second kappa shape index (κ2) is 6.71. The van der Waals surface area contributed by atoms with Crippen LogP contribution in [-0.2, 0) is 4.74 Å². The Balaban J connectivity index is 1.33. The van der Waals surface area contributed by atoms with Gasteiger partial charge in [0.05, 0.1) is 26.4 Å². The van der Waals surface area contributed by atoms with E-state index in [9.17, 15) is 0 Å². The lowest BCUT2D eigenvalue weighted by Gasteiger charge is -2.48. The molecule has 150 valence electrons. The lowest BCUT2D eigenvalue weighted by atomic mass is 10.1. The Labute approximate surface area is 169 Å². The number of hydrogen-bond donors (Lipinski definition) is 1. The van der Waals surface area contributed by atoms with Crippen LogP contribution in [-0.4, -0.2) is 71.4 Å². The van der Waals surface area contributed by atoms with Gasteiger partial charge in [0.25, 0.3) is 0 Å². The van der Waals surface area contributed by atoms with E-state index in [4.69, 9.17) is 9.47 Å². The number of anilines is 1. The molecule has 3 aromatic heterocycles. The fraction of sp³-hybridized carbons (Fsp3) is 0.455. The SMILES string of the molecule is COc1cc(-c2cc3c(N4CC5CCC(C4)N5C4COC4)ccnc3[nH]2)ccn1. The summed E-state index contributed by atoms with van der Waals surface area (Å²) in [4.78, 5) is 17.6. The summed E-state index contributed by atoms with van der Waals surface area (Å²) in [6.07, 6.45) is 6.27. The normalized spacial score (nSPS) is 24.8. The molecule has 3 saturated heterocycles. The zero-order chi connectivity index (χ0) is 19.4. The van der Waals surface area contributed by atoms with Crippen LogP contribution in [0.1, 0.15) is 12.8 Å². The molecule has 6 heterocycles. The molecule has 2 unspecified atom stereocenters. The minimum Gasteiger partial charge on any atom is -0.481 e. The van der Waals surface area contributed by atoms with E-state index >= 15 is 0 Å². The van der Waals surface area contributed by atoms with Gasteiger partial charge in [0, 0.05) is 66.0 Å². The molecule has 7 nitrogen and oxygen atoms in total. The average Bonchev–Trinajstić information content (AvgIpc) is 3.25. The first-order chi connectivity index (χ1) is 14.3. The third-order valence-corrected chi connectivity index (χ3v) is 6.69. The summed E-state index contributed by atoms with van der Waals surface area (Å²) in [5, 5.41) is 1.18. The van der Waals surface area contributed by atoms with Crippen LogP contribution in [0.25, 0.3) is 22.3 Å². The number of H-pyrrole nitrogens is 1. The zero-order valence-corrected chi connectivity index (χ0v) is 16.5. The van der Waals surface area contributed by atoms with E-state index < -0.39 is 0 Å². The molecule has 0 saturated carbocycles. The predicted octanol–water partition coefficient (Wildman–Crippen LogP) is 2.69. The summed E-state index contributed by atoms with van der Waals surface area (Å²) in [5.74, 6) is 0.613. The van der Waals surface area contributed by atoms with E-state index in [-0.39, 0.29) is 0 Å². The van der Waals surface area contributed by atoms with Crippen molar-refractivity contribution < 1.29 is 9.47 Å². The Kier molecular flexibility index (Phi) is 3.99. The van der Waals surface area contributed by atoms with E-state index in [1.165, 1.54) is 23.9 Å². The molecule has 0 spiro atoms. The number of pyridine rings is 2. The summed E-state index contributed by atoms with van der Waals surface area (Å²) in [6, 6.07) is 10.2. The molecular weight excluding hydrogens is 366 g/mol. The van der Waals surface area contributed by atoms with Crippen molar-refractivity contribution >= 4 is 16.7 Å². The largest absolute Gasteiger partial charge is 0.481 e. The number of aromatic amines is 1. The van der Waals surface area contributed by atoms with E-state index in [1.807, 2.05) is 18.3 Å². The van der Waals surface area contributed by atoms with Crippen molar-refractivity contribution in [3.8, 4) is 17.1 Å². The molecule has 3 aliphatic heterocycles. The summed E-state index contributed by atoms with van der Waals surface area (Å²) in [7, 11) is 1.64. The van der Waals surface area contributed by atoms with Gasteiger partial charge in [-0.25, -0.2) is 9.97 Å². The van der Waals surface area contributed by atoms with Gasteiger partial charge in [0.1, 0.15) is 5.65 Å². The maximum absolute atomic E-state index is 5.46. The summed E-state index contributed by atoms with van der Waals surface area (Å²) in [5.41, 5.74) is 4.29. The van der Waals surface area contributed by atoms with Gasteiger partial charge in [-0.1, -0.05) is 0 Å². The van der Waals surface area contributed by atoms with Crippen molar-refractivity contribution in [2.75, 3.05) is 38.3 Å². The molecule has 3 aromatic rings. The highest BCUT2D eigenvalue weighted by molar-refractivity contribution is 5.94. The van der Waals surface area contributed by atoms with Crippen molar-refractivity contribution in [1.82, 2.24) is 19.9 Å². The van der Waals surface area contributed by atoms with Crippen molar-refractivity contribution in [3.05, 3.63) is 36.7 Å². The molecule has 3 aliphatic rings. The van der Waals surface area contributed by atoms with Crippen LogP contribution in [0.4, 0.5) is 5.69 Å². The molecule has 0 aliphatic carbocycles. The number of nitrogens with zero attached hydrogens (tertiary/aromatic N) is 4. The van der Waals surface area contributed by atoms with Crippen LogP contribution in [0.5, 0.6) is 5.88 Å². The topological polar surface area (TPSA) is 66.5 Å². The van der Waals surface area contributed by atoms with Crippen LogP contribution in [0, 0.1) is 0 Å². The second-order valence-electron chi connectivity index (χ2n) is 8.29. The number of aromatic nitrogens is 3. The second-order valence-corrected chi connectivity index (χ2v) is 8.29. The van der Waals surface area contributed by atoms with Gasteiger partial charge >= 0.3 is 0 Å². The monoisotopic (exact) mass is 391 g/mol. The lowest BCUT2D eigenvalue weighted by Crippen LogP contribution is -2.62. The highest BCUT2D eigenvalue weighted by Crippen LogP contribution is 2.38. The fourth-order valence-electron chi connectivity index (χ4n) is 5.26. The van der Waals surface area contributed by atoms with Crippen molar-refractivity contribution in [2.24, 2.45) is 0 Å². The molecule has 7 heteroatoms. The smallest absolute Gasteiger partial charge is 0.213 e. The first-order valence-electron chi connectivity index (χ1n) is 10.4. The van der Waals surface area contributed by atoms with Crippen molar-refractivity contribution in [3.63, 3.8) is 0 Å². The van der Waals surface area contributed by atoms with Gasteiger partial charge in [-0.15, -0.1) is 0 Å². The molecule has 2 bridgehead atoms. The highest BCUT2D eigenvalue weighted by Gasteiger charge is 2.45. The Bertz CT molecular complexity index is 1030. The Morgan fingerprint density at radius 2 is 1.83 bits per heavy atom. The number of ether oxygens (including phenoxy) is 2. The number of methoxy groups -OCH3 is 1. The number of nitrogens with one attached hydrogen (secondary N) is 1. The maximum atomic E-state index is 5.46. The van der Waals surface area contributed by atoms with E-state index in [0.29, 0.717) is 24.0 Å². The molecule has 6 rings (SSSR count). The summed E-state index contributed by atoms with van der Waals surface area (Å²) >= 11 is 0. The van der Waals surface area contributed by atoms with Gasteiger partial charge in [0.15, 0.2) is 0 Å². The van der Waals surface area contributed by atoms with Crippen LogP contribution >= 0.6 is 0 Å². The van der Waals surface area contributed by atoms with Gasteiger partial charge in [0.2, 0.25) is 5.88 Å². The van der Waals surface area contributed by atoms with Crippen molar-refractivity contribution in [1.29, 1.82) is 0 Å². The molecule has 0 amide bonds. The van der Waals surface area contributed by atoms with Gasteiger partial charge in [-0.05, 0) is 31.0 Å².